The molecule has 0 amide bonds. The number of nitrogens with two attached hydrogens (primary N) is 1. The minimum atomic E-state index is 0.359. The summed E-state index contributed by atoms with van der Waals surface area (Å²) in [7, 11) is 0. The monoisotopic (exact) mass is 287 g/mol. The lowest BCUT2D eigenvalue weighted by molar-refractivity contribution is 0.432. The standard InChI is InChI=1S/C13H13N5OS/c1-2-20-9-5-3-8(4-6-9)12-16-13(19-18-12)10-7-15-17-11(10)14/h3-7H,2H2,1H3,(H3,14,15,17). The van der Waals surface area contributed by atoms with Crippen LogP contribution in [-0.2, 0) is 0 Å². The zero-order valence-corrected chi connectivity index (χ0v) is 11.6. The van der Waals surface area contributed by atoms with Crippen molar-refractivity contribution in [3.63, 3.8) is 0 Å². The summed E-state index contributed by atoms with van der Waals surface area (Å²) in [4.78, 5) is 5.56. The number of thioether (sulfide) groups is 1. The van der Waals surface area contributed by atoms with Gasteiger partial charge >= 0.3 is 0 Å². The Morgan fingerprint density at radius 3 is 2.75 bits per heavy atom. The molecule has 0 spiro atoms. The molecular weight excluding hydrogens is 274 g/mol. The summed E-state index contributed by atoms with van der Waals surface area (Å²) in [6.45, 7) is 2.12. The summed E-state index contributed by atoms with van der Waals surface area (Å²) in [6, 6.07) is 8.05. The van der Waals surface area contributed by atoms with Crippen molar-refractivity contribution >= 4 is 17.6 Å². The van der Waals surface area contributed by atoms with Crippen LogP contribution in [0.4, 0.5) is 5.82 Å². The van der Waals surface area contributed by atoms with Gasteiger partial charge in [0.15, 0.2) is 0 Å². The van der Waals surface area contributed by atoms with E-state index in [1.165, 1.54) is 4.90 Å². The lowest BCUT2D eigenvalue weighted by atomic mass is 10.2. The summed E-state index contributed by atoms with van der Waals surface area (Å²) in [5.41, 5.74) is 7.24. The Balaban J connectivity index is 1.88. The van der Waals surface area contributed by atoms with E-state index in [4.69, 9.17) is 10.3 Å². The molecule has 3 rings (SSSR count). The topological polar surface area (TPSA) is 93.6 Å². The Morgan fingerprint density at radius 2 is 2.10 bits per heavy atom. The predicted molar refractivity (Wildman–Crippen MR) is 78.1 cm³/mol. The van der Waals surface area contributed by atoms with Crippen LogP contribution in [-0.4, -0.2) is 26.1 Å². The molecule has 2 aromatic heterocycles. The van der Waals surface area contributed by atoms with E-state index in [9.17, 15) is 0 Å². The molecule has 0 aliphatic heterocycles. The normalized spacial score (nSPS) is 10.8. The lowest BCUT2D eigenvalue weighted by Gasteiger charge is -1.98. The lowest BCUT2D eigenvalue weighted by Crippen LogP contribution is -1.87. The fourth-order valence-corrected chi connectivity index (χ4v) is 2.45. The minimum absolute atomic E-state index is 0.359. The van der Waals surface area contributed by atoms with Crippen LogP contribution in [0.1, 0.15) is 6.92 Å². The van der Waals surface area contributed by atoms with Gasteiger partial charge in [-0.1, -0.05) is 12.1 Å². The highest BCUT2D eigenvalue weighted by atomic mass is 32.2. The molecule has 0 atom stereocenters. The second-order valence-electron chi connectivity index (χ2n) is 4.08. The minimum Gasteiger partial charge on any atom is -0.383 e. The van der Waals surface area contributed by atoms with Crippen molar-refractivity contribution in [2.75, 3.05) is 11.5 Å². The SMILES string of the molecule is CCSc1ccc(-c2noc(-c3cn[nH]c3N)n2)cc1. The average Bonchev–Trinajstić information content (AvgIpc) is 3.08. The van der Waals surface area contributed by atoms with Gasteiger partial charge in [-0.05, 0) is 30.0 Å². The Labute approximate surface area is 119 Å². The first-order chi connectivity index (χ1) is 9.78. The Hall–Kier alpha value is -2.28. The van der Waals surface area contributed by atoms with Gasteiger partial charge in [0.25, 0.3) is 5.89 Å². The highest BCUT2D eigenvalue weighted by Crippen LogP contribution is 2.26. The Morgan fingerprint density at radius 1 is 1.30 bits per heavy atom. The van der Waals surface area contributed by atoms with Crippen LogP contribution < -0.4 is 5.73 Å². The molecule has 7 heteroatoms. The molecule has 0 bridgehead atoms. The molecule has 3 aromatic rings. The molecule has 20 heavy (non-hydrogen) atoms. The molecule has 6 nitrogen and oxygen atoms in total. The summed E-state index contributed by atoms with van der Waals surface area (Å²) in [6.07, 6.45) is 1.56. The molecule has 2 heterocycles. The maximum atomic E-state index is 5.73. The number of hydrogen-bond donors (Lipinski definition) is 2. The highest BCUT2D eigenvalue weighted by molar-refractivity contribution is 7.99. The largest absolute Gasteiger partial charge is 0.383 e. The number of nitrogen functional groups attached to an aromatic ring is 1. The van der Waals surface area contributed by atoms with Crippen LogP contribution in [0, 0.1) is 0 Å². The van der Waals surface area contributed by atoms with E-state index >= 15 is 0 Å². The molecule has 0 saturated heterocycles. The van der Waals surface area contributed by atoms with Gasteiger partial charge in [0, 0.05) is 10.5 Å². The van der Waals surface area contributed by atoms with Crippen LogP contribution in [0.5, 0.6) is 0 Å². The van der Waals surface area contributed by atoms with Crippen molar-refractivity contribution < 1.29 is 4.52 Å². The van der Waals surface area contributed by atoms with Crippen LogP contribution >= 0.6 is 11.8 Å². The number of nitrogens with zero attached hydrogens (tertiary/aromatic N) is 3. The van der Waals surface area contributed by atoms with E-state index in [2.05, 4.69) is 27.3 Å². The molecule has 0 fully saturated rings. The fraction of sp³-hybridized carbons (Fsp3) is 0.154. The molecule has 3 N–H and O–H groups in total. The van der Waals surface area contributed by atoms with E-state index in [1.54, 1.807) is 18.0 Å². The van der Waals surface area contributed by atoms with Gasteiger partial charge in [0.1, 0.15) is 11.4 Å². The van der Waals surface area contributed by atoms with Crippen molar-refractivity contribution in [2.24, 2.45) is 0 Å². The first kappa shape index (κ1) is 12.7. The molecule has 0 radical (unpaired) electrons. The predicted octanol–water partition coefficient (Wildman–Crippen LogP) is 2.82. The molecular formula is C13H13N5OS. The summed E-state index contributed by atoms with van der Waals surface area (Å²) >= 11 is 1.79. The average molecular weight is 287 g/mol. The number of rotatable bonds is 4. The van der Waals surface area contributed by atoms with Gasteiger partial charge < -0.3 is 10.3 Å². The first-order valence-electron chi connectivity index (χ1n) is 6.14. The van der Waals surface area contributed by atoms with Crippen LogP contribution in [0.25, 0.3) is 22.8 Å². The van der Waals surface area contributed by atoms with Gasteiger partial charge in [-0.2, -0.15) is 10.1 Å². The maximum absolute atomic E-state index is 5.73. The first-order valence-corrected chi connectivity index (χ1v) is 7.12. The van der Waals surface area contributed by atoms with Crippen molar-refractivity contribution in [1.82, 2.24) is 20.3 Å². The maximum Gasteiger partial charge on any atom is 0.263 e. The number of nitrogens with one attached hydrogen (secondary N) is 1. The van der Waals surface area contributed by atoms with Crippen LogP contribution in [0.3, 0.4) is 0 Å². The van der Waals surface area contributed by atoms with Crippen molar-refractivity contribution in [2.45, 2.75) is 11.8 Å². The van der Waals surface area contributed by atoms with Crippen molar-refractivity contribution in [3.8, 4) is 22.8 Å². The molecule has 0 unspecified atom stereocenters. The Bertz CT molecular complexity index is 704. The number of aromatic amines is 1. The van der Waals surface area contributed by atoms with E-state index in [0.29, 0.717) is 23.1 Å². The van der Waals surface area contributed by atoms with E-state index < -0.39 is 0 Å². The molecule has 1 aromatic carbocycles. The summed E-state index contributed by atoms with van der Waals surface area (Å²) in [5.74, 6) is 2.35. The van der Waals surface area contributed by atoms with E-state index in [0.717, 1.165) is 11.3 Å². The zero-order valence-electron chi connectivity index (χ0n) is 10.8. The summed E-state index contributed by atoms with van der Waals surface area (Å²) in [5, 5.41) is 10.4. The quantitative estimate of drug-likeness (QED) is 0.717. The molecule has 0 saturated carbocycles. The second kappa shape index (κ2) is 5.38. The van der Waals surface area contributed by atoms with Crippen LogP contribution in [0.15, 0.2) is 39.9 Å². The third-order valence-corrected chi connectivity index (χ3v) is 3.64. The van der Waals surface area contributed by atoms with E-state index in [-0.39, 0.29) is 0 Å². The van der Waals surface area contributed by atoms with Gasteiger partial charge in [0.05, 0.1) is 6.20 Å². The molecule has 0 aliphatic rings. The zero-order chi connectivity index (χ0) is 13.9. The van der Waals surface area contributed by atoms with E-state index in [1.807, 2.05) is 24.3 Å². The number of aromatic nitrogens is 4. The Kier molecular flexibility index (Phi) is 3.42. The molecule has 102 valence electrons. The van der Waals surface area contributed by atoms with Gasteiger partial charge in [-0.3, -0.25) is 5.10 Å². The molecule has 0 aliphatic carbocycles. The van der Waals surface area contributed by atoms with Gasteiger partial charge in [0.2, 0.25) is 5.82 Å². The fourth-order valence-electron chi connectivity index (χ4n) is 1.78. The van der Waals surface area contributed by atoms with Crippen LogP contribution in [0.2, 0.25) is 0 Å². The smallest absolute Gasteiger partial charge is 0.263 e. The summed E-state index contributed by atoms with van der Waals surface area (Å²) < 4.78 is 5.22. The highest BCUT2D eigenvalue weighted by Gasteiger charge is 2.14. The third kappa shape index (κ3) is 2.39. The number of benzene rings is 1. The number of anilines is 1. The second-order valence-corrected chi connectivity index (χ2v) is 5.42. The van der Waals surface area contributed by atoms with Gasteiger partial charge in [-0.15, -0.1) is 11.8 Å². The van der Waals surface area contributed by atoms with Crippen molar-refractivity contribution in [3.05, 3.63) is 30.5 Å². The number of hydrogen-bond acceptors (Lipinski definition) is 6. The van der Waals surface area contributed by atoms with Gasteiger partial charge in [-0.25, -0.2) is 0 Å². The number of H-pyrrole nitrogens is 1. The van der Waals surface area contributed by atoms with Crippen molar-refractivity contribution in [1.29, 1.82) is 0 Å². The third-order valence-electron chi connectivity index (χ3n) is 2.75.